The van der Waals surface area contributed by atoms with Crippen molar-refractivity contribution in [2.45, 2.75) is 32.8 Å². The fraction of sp³-hybridized carbons (Fsp3) is 0.500. The van der Waals surface area contributed by atoms with Gasteiger partial charge in [-0.1, -0.05) is 6.92 Å². The average molecular weight is 194 g/mol. The molecule has 0 amide bonds. The molecule has 1 aromatic carbocycles. The van der Waals surface area contributed by atoms with E-state index in [9.17, 15) is 0 Å². The minimum Gasteiger partial charge on any atom is -0.497 e. The summed E-state index contributed by atoms with van der Waals surface area (Å²) in [6.45, 7) is 6.28. The minimum atomic E-state index is -0.103. The standard InChI is InChI=1S/C12H18O2/c1-5-12(2,3)14-11-8-6-10(13-4)7-9-11/h6-9H,5H2,1-4H3. The van der Waals surface area contributed by atoms with Gasteiger partial charge in [-0.25, -0.2) is 0 Å². The van der Waals surface area contributed by atoms with Crippen LogP contribution in [0.15, 0.2) is 24.3 Å². The summed E-state index contributed by atoms with van der Waals surface area (Å²) in [5.74, 6) is 1.74. The minimum absolute atomic E-state index is 0.103. The smallest absolute Gasteiger partial charge is 0.120 e. The highest BCUT2D eigenvalue weighted by Crippen LogP contribution is 2.23. The summed E-state index contributed by atoms with van der Waals surface area (Å²) in [6, 6.07) is 7.66. The zero-order valence-electron chi connectivity index (χ0n) is 9.33. The number of ether oxygens (including phenoxy) is 2. The summed E-state index contributed by atoms with van der Waals surface area (Å²) in [4.78, 5) is 0. The molecule has 0 saturated carbocycles. The van der Waals surface area contributed by atoms with Crippen LogP contribution in [0.1, 0.15) is 27.2 Å². The molecule has 0 N–H and O–H groups in total. The first-order chi connectivity index (χ1) is 6.57. The first kappa shape index (κ1) is 10.9. The molecule has 0 aliphatic heterocycles. The summed E-state index contributed by atoms with van der Waals surface area (Å²) in [7, 11) is 1.66. The molecule has 0 fully saturated rings. The lowest BCUT2D eigenvalue weighted by molar-refractivity contribution is 0.105. The molecule has 0 aromatic heterocycles. The Morgan fingerprint density at radius 2 is 1.57 bits per heavy atom. The third-order valence-corrected chi connectivity index (χ3v) is 2.31. The molecule has 0 unspecified atom stereocenters. The van der Waals surface area contributed by atoms with E-state index in [0.717, 1.165) is 17.9 Å². The second-order valence-electron chi connectivity index (χ2n) is 3.89. The summed E-state index contributed by atoms with van der Waals surface area (Å²) >= 11 is 0. The van der Waals surface area contributed by atoms with E-state index in [1.165, 1.54) is 0 Å². The largest absolute Gasteiger partial charge is 0.497 e. The van der Waals surface area contributed by atoms with Gasteiger partial charge in [-0.2, -0.15) is 0 Å². The zero-order valence-corrected chi connectivity index (χ0v) is 9.33. The van der Waals surface area contributed by atoms with Gasteiger partial charge in [0, 0.05) is 0 Å². The Balaban J connectivity index is 2.69. The molecule has 1 rings (SSSR count). The molecule has 0 spiro atoms. The number of hydrogen-bond donors (Lipinski definition) is 0. The van der Waals surface area contributed by atoms with E-state index in [-0.39, 0.29) is 5.60 Å². The van der Waals surface area contributed by atoms with E-state index in [1.54, 1.807) is 7.11 Å². The monoisotopic (exact) mass is 194 g/mol. The highest BCUT2D eigenvalue weighted by atomic mass is 16.5. The molecule has 0 aliphatic rings. The van der Waals surface area contributed by atoms with E-state index in [1.807, 2.05) is 24.3 Å². The fourth-order valence-corrected chi connectivity index (χ4v) is 1.03. The Bertz CT molecular complexity index is 275. The van der Waals surface area contributed by atoms with E-state index in [2.05, 4.69) is 20.8 Å². The summed E-state index contributed by atoms with van der Waals surface area (Å²) in [5, 5.41) is 0. The van der Waals surface area contributed by atoms with Gasteiger partial charge in [0.2, 0.25) is 0 Å². The van der Waals surface area contributed by atoms with Crippen molar-refractivity contribution in [3.05, 3.63) is 24.3 Å². The van der Waals surface area contributed by atoms with E-state index < -0.39 is 0 Å². The van der Waals surface area contributed by atoms with Crippen LogP contribution < -0.4 is 9.47 Å². The van der Waals surface area contributed by atoms with Crippen LogP contribution in [0.25, 0.3) is 0 Å². The quantitative estimate of drug-likeness (QED) is 0.732. The van der Waals surface area contributed by atoms with Crippen molar-refractivity contribution >= 4 is 0 Å². The highest BCUT2D eigenvalue weighted by Gasteiger charge is 2.16. The van der Waals surface area contributed by atoms with Crippen molar-refractivity contribution in [3.63, 3.8) is 0 Å². The van der Waals surface area contributed by atoms with E-state index >= 15 is 0 Å². The Kier molecular flexibility index (Phi) is 3.39. The molecule has 78 valence electrons. The van der Waals surface area contributed by atoms with Crippen LogP contribution in [-0.2, 0) is 0 Å². The molecule has 2 nitrogen and oxygen atoms in total. The number of rotatable bonds is 4. The highest BCUT2D eigenvalue weighted by molar-refractivity contribution is 5.31. The van der Waals surface area contributed by atoms with E-state index in [0.29, 0.717) is 0 Å². The molecule has 1 aromatic rings. The average Bonchev–Trinajstić information content (AvgIpc) is 2.19. The van der Waals surface area contributed by atoms with Gasteiger partial charge in [-0.05, 0) is 44.5 Å². The van der Waals surface area contributed by atoms with Crippen molar-refractivity contribution in [2.75, 3.05) is 7.11 Å². The molecule has 0 bridgehead atoms. The van der Waals surface area contributed by atoms with Gasteiger partial charge in [0.05, 0.1) is 7.11 Å². The third-order valence-electron chi connectivity index (χ3n) is 2.31. The number of hydrogen-bond acceptors (Lipinski definition) is 2. The molecular weight excluding hydrogens is 176 g/mol. The summed E-state index contributed by atoms with van der Waals surface area (Å²) in [6.07, 6.45) is 0.985. The molecule has 0 atom stereocenters. The van der Waals surface area contributed by atoms with Crippen LogP contribution in [0, 0.1) is 0 Å². The summed E-state index contributed by atoms with van der Waals surface area (Å²) in [5.41, 5.74) is -0.103. The third kappa shape index (κ3) is 2.95. The summed E-state index contributed by atoms with van der Waals surface area (Å²) < 4.78 is 10.9. The maximum absolute atomic E-state index is 5.79. The first-order valence-electron chi connectivity index (χ1n) is 4.90. The van der Waals surface area contributed by atoms with Crippen molar-refractivity contribution in [1.29, 1.82) is 0 Å². The maximum Gasteiger partial charge on any atom is 0.120 e. The van der Waals surface area contributed by atoms with Crippen molar-refractivity contribution in [3.8, 4) is 11.5 Å². The molecule has 0 heterocycles. The Morgan fingerprint density at radius 1 is 1.07 bits per heavy atom. The maximum atomic E-state index is 5.79. The normalized spacial score (nSPS) is 11.1. The van der Waals surface area contributed by atoms with Crippen LogP contribution in [0.4, 0.5) is 0 Å². The fourth-order valence-electron chi connectivity index (χ4n) is 1.03. The molecule has 14 heavy (non-hydrogen) atoms. The topological polar surface area (TPSA) is 18.5 Å². The van der Waals surface area contributed by atoms with Crippen molar-refractivity contribution in [1.82, 2.24) is 0 Å². The van der Waals surface area contributed by atoms with E-state index in [4.69, 9.17) is 9.47 Å². The van der Waals surface area contributed by atoms with Crippen LogP contribution in [0.2, 0.25) is 0 Å². The predicted octanol–water partition coefficient (Wildman–Crippen LogP) is 3.26. The lowest BCUT2D eigenvalue weighted by atomic mass is 10.1. The second-order valence-corrected chi connectivity index (χ2v) is 3.89. The predicted molar refractivity (Wildman–Crippen MR) is 58.0 cm³/mol. The zero-order chi connectivity index (χ0) is 10.6. The Hall–Kier alpha value is -1.18. The van der Waals surface area contributed by atoms with Crippen molar-refractivity contribution in [2.24, 2.45) is 0 Å². The van der Waals surface area contributed by atoms with Gasteiger partial charge in [-0.15, -0.1) is 0 Å². The Morgan fingerprint density at radius 3 is 2.00 bits per heavy atom. The molecule has 0 aliphatic carbocycles. The van der Waals surface area contributed by atoms with Gasteiger partial charge < -0.3 is 9.47 Å². The van der Waals surface area contributed by atoms with Gasteiger partial charge in [0.1, 0.15) is 17.1 Å². The molecule has 0 radical (unpaired) electrons. The van der Waals surface area contributed by atoms with Crippen LogP contribution in [-0.4, -0.2) is 12.7 Å². The number of benzene rings is 1. The Labute approximate surface area is 85.8 Å². The molecule has 2 heteroatoms. The van der Waals surface area contributed by atoms with Gasteiger partial charge >= 0.3 is 0 Å². The van der Waals surface area contributed by atoms with Crippen molar-refractivity contribution < 1.29 is 9.47 Å². The van der Waals surface area contributed by atoms with Gasteiger partial charge in [-0.3, -0.25) is 0 Å². The molecule has 0 saturated heterocycles. The van der Waals surface area contributed by atoms with Gasteiger partial charge in [0.25, 0.3) is 0 Å². The first-order valence-corrected chi connectivity index (χ1v) is 4.90. The SMILES string of the molecule is CCC(C)(C)Oc1ccc(OC)cc1. The number of methoxy groups -OCH3 is 1. The van der Waals surface area contributed by atoms with Gasteiger partial charge in [0.15, 0.2) is 0 Å². The lowest BCUT2D eigenvalue weighted by Crippen LogP contribution is -2.26. The van der Waals surface area contributed by atoms with Crippen LogP contribution in [0.5, 0.6) is 11.5 Å². The van der Waals surface area contributed by atoms with Crippen LogP contribution in [0.3, 0.4) is 0 Å². The lowest BCUT2D eigenvalue weighted by Gasteiger charge is -2.24. The molecular formula is C12H18O2. The second kappa shape index (κ2) is 4.36. The van der Waals surface area contributed by atoms with Crippen LogP contribution >= 0.6 is 0 Å².